The highest BCUT2D eigenvalue weighted by Gasteiger charge is 2.49. The summed E-state index contributed by atoms with van der Waals surface area (Å²) in [5.74, 6) is -0.396. The number of nitrogens with zero attached hydrogens (tertiary/aromatic N) is 2. The van der Waals surface area contributed by atoms with Gasteiger partial charge in [0.05, 0.1) is 0 Å². The minimum atomic E-state index is -4.49. The number of carbonyl (C=O) groups is 2. The van der Waals surface area contributed by atoms with E-state index < -0.39 is 24.0 Å². The summed E-state index contributed by atoms with van der Waals surface area (Å²) in [6.45, 7) is 2.47. The Labute approximate surface area is 245 Å². The third kappa shape index (κ3) is 6.70. The standard InChI is InChI=1S/C34H38F3N3O2/c35-34(36,37)25-38-32(42)33(29-16-6-4-14-27(29)28-15-5-7-17-30(28)33)19-8-9-20-39-21-23-40(24-22-39)31(41)18-10-13-26-11-2-1-3-12-26/h1-7,11-12,14-17H,8-10,13,18-25H2,(H,38,42). The Morgan fingerprint density at radius 1 is 0.762 bits per heavy atom. The van der Waals surface area contributed by atoms with Gasteiger partial charge in [-0.2, -0.15) is 13.2 Å². The van der Waals surface area contributed by atoms with Crippen molar-refractivity contribution in [1.29, 1.82) is 0 Å². The summed E-state index contributed by atoms with van der Waals surface area (Å²) in [6, 6.07) is 25.3. The second-order valence-corrected chi connectivity index (χ2v) is 11.3. The van der Waals surface area contributed by atoms with Gasteiger partial charge in [0.25, 0.3) is 0 Å². The molecule has 42 heavy (non-hydrogen) atoms. The molecule has 8 heteroatoms. The first-order chi connectivity index (χ1) is 20.3. The molecule has 1 aliphatic heterocycles. The molecule has 1 N–H and O–H groups in total. The number of nitrogens with one attached hydrogen (secondary N) is 1. The van der Waals surface area contributed by atoms with Crippen molar-refractivity contribution in [3.05, 3.63) is 95.6 Å². The molecule has 0 aromatic heterocycles. The van der Waals surface area contributed by atoms with Gasteiger partial charge < -0.3 is 10.2 Å². The van der Waals surface area contributed by atoms with Crippen LogP contribution in [0.25, 0.3) is 11.1 Å². The van der Waals surface area contributed by atoms with Crippen molar-refractivity contribution in [3.8, 4) is 11.1 Å². The molecule has 3 aromatic carbocycles. The van der Waals surface area contributed by atoms with E-state index in [2.05, 4.69) is 22.3 Å². The topological polar surface area (TPSA) is 52.7 Å². The molecule has 0 bridgehead atoms. The first-order valence-corrected chi connectivity index (χ1v) is 14.9. The summed E-state index contributed by atoms with van der Waals surface area (Å²) < 4.78 is 39.3. The Balaban J connectivity index is 1.16. The molecule has 0 radical (unpaired) electrons. The van der Waals surface area contributed by atoms with E-state index in [-0.39, 0.29) is 5.91 Å². The van der Waals surface area contributed by atoms with Crippen molar-refractivity contribution < 1.29 is 22.8 Å². The van der Waals surface area contributed by atoms with Crippen LogP contribution >= 0.6 is 0 Å². The van der Waals surface area contributed by atoms with Crippen molar-refractivity contribution in [3.63, 3.8) is 0 Å². The number of hydrogen-bond donors (Lipinski definition) is 1. The van der Waals surface area contributed by atoms with Gasteiger partial charge in [0.15, 0.2) is 0 Å². The van der Waals surface area contributed by atoms with Gasteiger partial charge >= 0.3 is 6.18 Å². The van der Waals surface area contributed by atoms with Crippen LogP contribution in [0.1, 0.15) is 48.8 Å². The van der Waals surface area contributed by atoms with E-state index in [1.807, 2.05) is 71.6 Å². The molecule has 1 saturated heterocycles. The van der Waals surface area contributed by atoms with Crippen LogP contribution in [0.3, 0.4) is 0 Å². The highest BCUT2D eigenvalue weighted by atomic mass is 19.4. The van der Waals surface area contributed by atoms with Crippen LogP contribution < -0.4 is 5.32 Å². The van der Waals surface area contributed by atoms with E-state index >= 15 is 0 Å². The minimum absolute atomic E-state index is 0.205. The minimum Gasteiger partial charge on any atom is -0.346 e. The second kappa shape index (κ2) is 13.1. The van der Waals surface area contributed by atoms with Gasteiger partial charge in [0.2, 0.25) is 11.8 Å². The SMILES string of the molecule is O=C(CCCc1ccccc1)N1CCN(CCCCC2(C(=O)NCC(F)(F)F)c3ccccc3-c3ccccc32)CC1. The number of piperazine rings is 1. The lowest BCUT2D eigenvalue weighted by Gasteiger charge is -2.35. The number of amides is 2. The Hall–Kier alpha value is -3.65. The molecule has 0 atom stereocenters. The molecule has 0 spiro atoms. The molecule has 0 unspecified atom stereocenters. The average molecular weight is 578 g/mol. The molecule has 0 saturated carbocycles. The molecule has 2 amide bonds. The van der Waals surface area contributed by atoms with Crippen molar-refractivity contribution in [2.24, 2.45) is 0 Å². The average Bonchev–Trinajstić information content (AvgIpc) is 3.29. The molecule has 5 rings (SSSR count). The third-order valence-corrected chi connectivity index (χ3v) is 8.60. The second-order valence-electron chi connectivity index (χ2n) is 11.3. The number of unbranched alkanes of at least 4 members (excludes halogenated alkanes) is 1. The first kappa shape index (κ1) is 29.8. The summed E-state index contributed by atoms with van der Waals surface area (Å²) in [5, 5.41) is 2.20. The predicted molar refractivity (Wildman–Crippen MR) is 158 cm³/mol. The van der Waals surface area contributed by atoms with E-state index in [1.54, 1.807) is 0 Å². The quantitative estimate of drug-likeness (QED) is 0.286. The van der Waals surface area contributed by atoms with Gasteiger partial charge in [-0.25, -0.2) is 0 Å². The summed E-state index contributed by atoms with van der Waals surface area (Å²) in [5.41, 5.74) is 3.43. The Kier molecular flexibility index (Phi) is 9.31. The maximum atomic E-state index is 13.6. The number of carbonyl (C=O) groups excluding carboxylic acids is 2. The molecular weight excluding hydrogens is 539 g/mol. The molecule has 1 fully saturated rings. The molecule has 1 heterocycles. The summed E-state index contributed by atoms with van der Waals surface area (Å²) in [4.78, 5) is 30.6. The maximum absolute atomic E-state index is 13.6. The predicted octanol–water partition coefficient (Wildman–Crippen LogP) is 5.97. The maximum Gasteiger partial charge on any atom is 0.405 e. The number of fused-ring (bicyclic) bond motifs is 3. The largest absolute Gasteiger partial charge is 0.405 e. The van der Waals surface area contributed by atoms with Crippen LogP contribution in [0.15, 0.2) is 78.9 Å². The van der Waals surface area contributed by atoms with Crippen LogP contribution in [0.2, 0.25) is 0 Å². The number of alkyl halides is 3. The fraction of sp³-hybridized carbons (Fsp3) is 0.412. The Morgan fingerprint density at radius 3 is 1.98 bits per heavy atom. The molecule has 2 aliphatic rings. The van der Waals surface area contributed by atoms with E-state index in [4.69, 9.17) is 0 Å². The molecule has 222 valence electrons. The number of benzene rings is 3. The van der Waals surface area contributed by atoms with E-state index in [1.165, 1.54) is 5.56 Å². The lowest BCUT2D eigenvalue weighted by molar-refractivity contribution is -0.141. The summed E-state index contributed by atoms with van der Waals surface area (Å²) in [7, 11) is 0. The van der Waals surface area contributed by atoms with Gasteiger partial charge in [-0.1, -0.05) is 85.3 Å². The smallest absolute Gasteiger partial charge is 0.346 e. The van der Waals surface area contributed by atoms with E-state index in [9.17, 15) is 22.8 Å². The van der Waals surface area contributed by atoms with Gasteiger partial charge in [-0.3, -0.25) is 14.5 Å². The number of aryl methyl sites for hydroxylation is 1. The Bertz CT molecular complexity index is 1320. The molecule has 5 nitrogen and oxygen atoms in total. The highest BCUT2D eigenvalue weighted by Crippen LogP contribution is 2.51. The van der Waals surface area contributed by atoms with Crippen LogP contribution in [-0.2, 0) is 21.4 Å². The van der Waals surface area contributed by atoms with Crippen LogP contribution in [0.5, 0.6) is 0 Å². The van der Waals surface area contributed by atoms with E-state index in [0.29, 0.717) is 32.4 Å². The van der Waals surface area contributed by atoms with Crippen molar-refractivity contribution in [2.75, 3.05) is 39.3 Å². The molecule has 1 aliphatic carbocycles. The van der Waals surface area contributed by atoms with Gasteiger partial charge in [0.1, 0.15) is 12.0 Å². The van der Waals surface area contributed by atoms with Crippen LogP contribution in [0, 0.1) is 0 Å². The summed E-state index contributed by atoms with van der Waals surface area (Å²) in [6.07, 6.45) is -0.282. The lowest BCUT2D eigenvalue weighted by atomic mass is 9.73. The lowest BCUT2D eigenvalue weighted by Crippen LogP contribution is -2.49. The summed E-state index contributed by atoms with van der Waals surface area (Å²) >= 11 is 0. The fourth-order valence-electron chi connectivity index (χ4n) is 6.48. The monoisotopic (exact) mass is 577 g/mol. The molecular formula is C34H38F3N3O2. The zero-order valence-electron chi connectivity index (χ0n) is 23.8. The number of rotatable bonds is 11. The van der Waals surface area contributed by atoms with Gasteiger partial charge in [0, 0.05) is 32.6 Å². The molecule has 3 aromatic rings. The van der Waals surface area contributed by atoms with E-state index in [0.717, 1.165) is 61.2 Å². The van der Waals surface area contributed by atoms with Crippen molar-refractivity contribution in [1.82, 2.24) is 15.1 Å². The Morgan fingerprint density at radius 2 is 1.36 bits per heavy atom. The van der Waals surface area contributed by atoms with Crippen LogP contribution in [0.4, 0.5) is 13.2 Å². The van der Waals surface area contributed by atoms with Gasteiger partial charge in [-0.05, 0) is 60.0 Å². The third-order valence-electron chi connectivity index (χ3n) is 8.60. The van der Waals surface area contributed by atoms with Crippen LogP contribution in [-0.4, -0.2) is 67.1 Å². The van der Waals surface area contributed by atoms with Gasteiger partial charge in [-0.15, -0.1) is 0 Å². The normalized spacial score (nSPS) is 16.1. The van der Waals surface area contributed by atoms with Crippen molar-refractivity contribution >= 4 is 11.8 Å². The fourth-order valence-corrected chi connectivity index (χ4v) is 6.48. The number of halogens is 3. The zero-order valence-corrected chi connectivity index (χ0v) is 23.8. The number of hydrogen-bond acceptors (Lipinski definition) is 3. The highest BCUT2D eigenvalue weighted by molar-refractivity contribution is 6.00. The zero-order chi connectivity index (χ0) is 29.6. The van der Waals surface area contributed by atoms with Crippen molar-refractivity contribution in [2.45, 2.75) is 50.1 Å². The first-order valence-electron chi connectivity index (χ1n) is 14.9.